The van der Waals surface area contributed by atoms with Crippen LogP contribution in [0.1, 0.15) is 49.9 Å². The van der Waals surface area contributed by atoms with Crippen molar-refractivity contribution in [2.75, 3.05) is 50.7 Å². The lowest BCUT2D eigenvalue weighted by atomic mass is 10.1. The Morgan fingerprint density at radius 3 is 2.26 bits per heavy atom. The average Bonchev–Trinajstić information content (AvgIpc) is 3.03. The fraction of sp³-hybridized carbons (Fsp3) is 0.636. The smallest absolute Gasteiger partial charge is 0.293 e. The van der Waals surface area contributed by atoms with Crippen LogP contribution in [0.3, 0.4) is 0 Å². The number of hydrogen-bond donors (Lipinski definition) is 1. The van der Waals surface area contributed by atoms with Crippen LogP contribution in [0, 0.1) is 10.1 Å². The second-order valence-electron chi connectivity index (χ2n) is 8.65. The second kappa shape index (κ2) is 10.6. The minimum Gasteiger partial charge on any atom is -0.363 e. The van der Waals surface area contributed by atoms with Gasteiger partial charge in [0.1, 0.15) is 5.69 Å². The van der Waals surface area contributed by atoms with E-state index in [1.165, 1.54) is 18.9 Å². The molecule has 0 aliphatic carbocycles. The standard InChI is InChI=1S/C22H33N5O4/c1-17(2)23-22(29)18-7-8-19(20(15-18)27(30)31)25-13-11-24(12-14-25)16-21(28)26-9-5-3-4-6-10-26/h7-8,15,17H,3-6,9-14,16H2,1-2H3,(H,23,29). The Balaban J connectivity index is 1.61. The van der Waals surface area contributed by atoms with Crippen LogP contribution in [0.5, 0.6) is 0 Å². The molecular weight excluding hydrogens is 398 g/mol. The lowest BCUT2D eigenvalue weighted by Crippen LogP contribution is -2.50. The maximum absolute atomic E-state index is 12.6. The van der Waals surface area contributed by atoms with Crippen LogP contribution in [0.15, 0.2) is 18.2 Å². The maximum Gasteiger partial charge on any atom is 0.293 e. The monoisotopic (exact) mass is 431 g/mol. The third kappa shape index (κ3) is 6.16. The van der Waals surface area contributed by atoms with Crippen molar-refractivity contribution in [1.82, 2.24) is 15.1 Å². The predicted octanol–water partition coefficient (Wildman–Crippen LogP) is 2.26. The van der Waals surface area contributed by atoms with E-state index in [1.54, 1.807) is 12.1 Å². The first-order chi connectivity index (χ1) is 14.8. The lowest BCUT2D eigenvalue weighted by Gasteiger charge is -2.36. The largest absolute Gasteiger partial charge is 0.363 e. The fourth-order valence-corrected chi connectivity index (χ4v) is 4.18. The van der Waals surface area contributed by atoms with E-state index in [0.29, 0.717) is 38.4 Å². The third-order valence-corrected chi connectivity index (χ3v) is 5.88. The molecule has 0 saturated carbocycles. The highest BCUT2D eigenvalue weighted by molar-refractivity contribution is 5.96. The molecule has 2 amide bonds. The Morgan fingerprint density at radius 2 is 1.68 bits per heavy atom. The minimum atomic E-state index is -0.434. The summed E-state index contributed by atoms with van der Waals surface area (Å²) in [4.78, 5) is 42.2. The van der Waals surface area contributed by atoms with E-state index in [1.807, 2.05) is 23.6 Å². The summed E-state index contributed by atoms with van der Waals surface area (Å²) < 4.78 is 0. The van der Waals surface area contributed by atoms with Gasteiger partial charge in [0.05, 0.1) is 11.5 Å². The van der Waals surface area contributed by atoms with E-state index in [-0.39, 0.29) is 29.1 Å². The zero-order valence-corrected chi connectivity index (χ0v) is 18.5. The van der Waals surface area contributed by atoms with Crippen molar-refractivity contribution >= 4 is 23.2 Å². The molecule has 0 unspecified atom stereocenters. The molecule has 0 aromatic heterocycles. The van der Waals surface area contributed by atoms with Crippen LogP contribution in [0.4, 0.5) is 11.4 Å². The Labute approximate surface area is 183 Å². The Hall–Kier alpha value is -2.68. The van der Waals surface area contributed by atoms with Gasteiger partial charge in [-0.25, -0.2) is 0 Å². The van der Waals surface area contributed by atoms with Gasteiger partial charge in [-0.05, 0) is 38.8 Å². The maximum atomic E-state index is 12.6. The number of carbonyl (C=O) groups is 2. The fourth-order valence-electron chi connectivity index (χ4n) is 4.18. The number of likely N-dealkylation sites (tertiary alicyclic amines) is 1. The molecule has 31 heavy (non-hydrogen) atoms. The van der Waals surface area contributed by atoms with Gasteiger partial charge in [-0.2, -0.15) is 0 Å². The van der Waals surface area contributed by atoms with Crippen LogP contribution in [-0.2, 0) is 4.79 Å². The molecule has 2 aliphatic heterocycles. The molecule has 0 spiro atoms. The molecule has 3 rings (SSSR count). The number of nitrogens with zero attached hydrogens (tertiary/aromatic N) is 4. The number of piperazine rings is 1. The van der Waals surface area contributed by atoms with Crippen LogP contribution >= 0.6 is 0 Å². The summed E-state index contributed by atoms with van der Waals surface area (Å²) in [6, 6.07) is 4.60. The minimum absolute atomic E-state index is 0.0451. The Morgan fingerprint density at radius 1 is 1.03 bits per heavy atom. The quantitative estimate of drug-likeness (QED) is 0.548. The first kappa shape index (κ1) is 23.0. The van der Waals surface area contributed by atoms with Crippen LogP contribution in [-0.4, -0.2) is 78.4 Å². The first-order valence-corrected chi connectivity index (χ1v) is 11.2. The molecule has 1 N–H and O–H groups in total. The molecule has 2 aliphatic rings. The molecule has 2 saturated heterocycles. The number of hydrogen-bond acceptors (Lipinski definition) is 6. The van der Waals surface area contributed by atoms with Crippen LogP contribution in [0.25, 0.3) is 0 Å². The van der Waals surface area contributed by atoms with Crippen molar-refractivity contribution in [3.8, 4) is 0 Å². The number of rotatable bonds is 6. The molecule has 9 nitrogen and oxygen atoms in total. The number of nitro groups is 1. The number of nitrogens with one attached hydrogen (secondary N) is 1. The molecule has 0 radical (unpaired) electrons. The van der Waals surface area contributed by atoms with E-state index < -0.39 is 4.92 Å². The van der Waals surface area contributed by atoms with Crippen LogP contribution < -0.4 is 10.2 Å². The highest BCUT2D eigenvalue weighted by atomic mass is 16.6. The Kier molecular flexibility index (Phi) is 7.84. The van der Waals surface area contributed by atoms with Crippen molar-refractivity contribution in [3.63, 3.8) is 0 Å². The molecule has 1 aromatic carbocycles. The molecule has 2 fully saturated rings. The molecule has 1 aromatic rings. The molecule has 0 bridgehead atoms. The van der Waals surface area contributed by atoms with Gasteiger partial charge in [-0.1, -0.05) is 12.8 Å². The van der Waals surface area contributed by atoms with E-state index in [0.717, 1.165) is 25.9 Å². The summed E-state index contributed by atoms with van der Waals surface area (Å²) in [7, 11) is 0. The Bertz CT molecular complexity index is 797. The van der Waals surface area contributed by atoms with E-state index in [9.17, 15) is 19.7 Å². The molecule has 2 heterocycles. The second-order valence-corrected chi connectivity index (χ2v) is 8.65. The summed E-state index contributed by atoms with van der Waals surface area (Å²) >= 11 is 0. The summed E-state index contributed by atoms with van der Waals surface area (Å²) in [6.45, 7) is 8.35. The zero-order valence-electron chi connectivity index (χ0n) is 18.5. The molecular formula is C22H33N5O4. The summed E-state index contributed by atoms with van der Waals surface area (Å²) in [5.74, 6) is -0.136. The number of carbonyl (C=O) groups excluding carboxylic acids is 2. The van der Waals surface area contributed by atoms with E-state index in [2.05, 4.69) is 10.2 Å². The van der Waals surface area contributed by atoms with Crippen molar-refractivity contribution in [1.29, 1.82) is 0 Å². The van der Waals surface area contributed by atoms with Crippen molar-refractivity contribution in [2.45, 2.75) is 45.6 Å². The van der Waals surface area contributed by atoms with Gasteiger partial charge in [-0.15, -0.1) is 0 Å². The molecule has 9 heteroatoms. The number of amides is 2. The summed E-state index contributed by atoms with van der Waals surface area (Å²) in [6.07, 6.45) is 4.54. The van der Waals surface area contributed by atoms with Crippen molar-refractivity contribution in [2.24, 2.45) is 0 Å². The van der Waals surface area contributed by atoms with Gasteiger partial charge in [0.25, 0.3) is 11.6 Å². The van der Waals surface area contributed by atoms with E-state index >= 15 is 0 Å². The normalized spacial score (nSPS) is 18.0. The number of anilines is 1. The predicted molar refractivity (Wildman–Crippen MR) is 119 cm³/mol. The van der Waals surface area contributed by atoms with Gasteiger partial charge in [0.2, 0.25) is 5.91 Å². The van der Waals surface area contributed by atoms with Crippen LogP contribution in [0.2, 0.25) is 0 Å². The topological polar surface area (TPSA) is 99.0 Å². The van der Waals surface area contributed by atoms with Gasteiger partial charge >= 0.3 is 0 Å². The van der Waals surface area contributed by atoms with Crippen molar-refractivity contribution < 1.29 is 14.5 Å². The van der Waals surface area contributed by atoms with Gasteiger partial charge in [-0.3, -0.25) is 24.6 Å². The van der Waals surface area contributed by atoms with Gasteiger partial charge in [0.15, 0.2) is 0 Å². The first-order valence-electron chi connectivity index (χ1n) is 11.2. The SMILES string of the molecule is CC(C)NC(=O)c1ccc(N2CCN(CC(=O)N3CCCCCC3)CC2)c([N+](=O)[O-])c1. The van der Waals surface area contributed by atoms with Gasteiger partial charge in [0, 0.05) is 56.9 Å². The summed E-state index contributed by atoms with van der Waals surface area (Å²) in [5, 5.41) is 14.4. The average molecular weight is 432 g/mol. The third-order valence-electron chi connectivity index (χ3n) is 5.88. The van der Waals surface area contributed by atoms with E-state index in [4.69, 9.17) is 0 Å². The number of benzene rings is 1. The zero-order chi connectivity index (χ0) is 22.4. The highest BCUT2D eigenvalue weighted by Gasteiger charge is 2.27. The summed E-state index contributed by atoms with van der Waals surface area (Å²) in [5.41, 5.74) is 0.737. The number of nitro benzene ring substituents is 1. The molecule has 170 valence electrons. The highest BCUT2D eigenvalue weighted by Crippen LogP contribution is 2.30. The lowest BCUT2D eigenvalue weighted by molar-refractivity contribution is -0.384. The van der Waals surface area contributed by atoms with Crippen molar-refractivity contribution in [3.05, 3.63) is 33.9 Å². The molecule has 0 atom stereocenters. The van der Waals surface area contributed by atoms with Gasteiger partial charge < -0.3 is 15.1 Å².